The minimum atomic E-state index is -0.601. The highest BCUT2D eigenvalue weighted by atomic mass is 16.2. The molecule has 2 fully saturated rings. The maximum Gasteiger partial charge on any atom is 0.319 e. The molecule has 28 heavy (non-hydrogen) atoms. The lowest BCUT2D eigenvalue weighted by molar-refractivity contribution is -0.141. The van der Waals surface area contributed by atoms with E-state index < -0.39 is 12.1 Å². The molecule has 1 aromatic carbocycles. The Morgan fingerprint density at radius 1 is 1.14 bits per heavy atom. The summed E-state index contributed by atoms with van der Waals surface area (Å²) in [6, 6.07) is 6.74. The second-order valence-corrected chi connectivity index (χ2v) is 7.85. The zero-order chi connectivity index (χ0) is 20.1. The molecule has 4 amide bonds. The van der Waals surface area contributed by atoms with Crippen LogP contribution in [0.5, 0.6) is 0 Å². The molecule has 2 N–H and O–H groups in total. The summed E-state index contributed by atoms with van der Waals surface area (Å²) in [5, 5.41) is 5.57. The Kier molecular flexibility index (Phi) is 6.54. The van der Waals surface area contributed by atoms with E-state index in [-0.39, 0.29) is 24.4 Å². The van der Waals surface area contributed by atoms with Gasteiger partial charge in [0.1, 0.15) is 6.04 Å². The van der Waals surface area contributed by atoms with E-state index in [9.17, 15) is 14.4 Å². The van der Waals surface area contributed by atoms with Crippen LogP contribution in [0.4, 0.5) is 10.5 Å². The van der Waals surface area contributed by atoms with Crippen LogP contribution in [0.1, 0.15) is 44.6 Å². The van der Waals surface area contributed by atoms with E-state index in [1.54, 1.807) is 4.90 Å². The zero-order valence-corrected chi connectivity index (χ0v) is 16.7. The van der Waals surface area contributed by atoms with Crippen molar-refractivity contribution in [2.45, 2.75) is 58.0 Å². The highest BCUT2D eigenvalue weighted by molar-refractivity contribution is 5.95. The number of nitrogens with one attached hydrogen (secondary N) is 2. The van der Waals surface area contributed by atoms with Crippen LogP contribution in [-0.2, 0) is 9.59 Å². The molecular weight excluding hydrogens is 356 g/mol. The summed E-state index contributed by atoms with van der Waals surface area (Å²) in [6.07, 6.45) is 4.30. The maximum absolute atomic E-state index is 12.9. The zero-order valence-electron chi connectivity index (χ0n) is 16.7. The van der Waals surface area contributed by atoms with Crippen LogP contribution in [0.25, 0.3) is 0 Å². The topological polar surface area (TPSA) is 81.8 Å². The van der Waals surface area contributed by atoms with E-state index in [1.807, 2.05) is 36.1 Å². The lowest BCUT2D eigenvalue weighted by Gasteiger charge is -2.28. The van der Waals surface area contributed by atoms with E-state index in [2.05, 4.69) is 17.6 Å². The first-order valence-electron chi connectivity index (χ1n) is 10.2. The number of nitrogens with zero attached hydrogens (tertiary/aromatic N) is 2. The van der Waals surface area contributed by atoms with Crippen LogP contribution < -0.4 is 10.6 Å². The standard InChI is InChI=1S/C21H30N4O3/c1-15-7-5-9-17(13-15)22-21(28)23-18-10-3-4-11-24(20(18)27)14-19(26)25-12-6-8-16(25)2/h5,7,9,13,16,18H,3-4,6,8,10-12,14H2,1-2H3,(H2,22,23,28)/t16?,18-/m0/s1. The van der Waals surface area contributed by atoms with Crippen molar-refractivity contribution in [1.82, 2.24) is 15.1 Å². The number of hydrogen-bond donors (Lipinski definition) is 2. The number of likely N-dealkylation sites (tertiary alicyclic amines) is 2. The molecule has 2 saturated heterocycles. The summed E-state index contributed by atoms with van der Waals surface area (Å²) in [7, 11) is 0. The maximum atomic E-state index is 12.9. The monoisotopic (exact) mass is 386 g/mol. The molecule has 0 aromatic heterocycles. The number of urea groups is 1. The molecule has 3 rings (SSSR count). The molecule has 0 spiro atoms. The van der Waals surface area contributed by atoms with Crippen LogP contribution in [0.3, 0.4) is 0 Å². The second-order valence-electron chi connectivity index (χ2n) is 7.85. The minimum Gasteiger partial charge on any atom is -0.338 e. The fourth-order valence-electron chi connectivity index (χ4n) is 4.00. The van der Waals surface area contributed by atoms with Gasteiger partial charge in [-0.3, -0.25) is 9.59 Å². The van der Waals surface area contributed by atoms with Gasteiger partial charge in [-0.2, -0.15) is 0 Å². The van der Waals surface area contributed by atoms with E-state index in [0.717, 1.165) is 37.8 Å². The Morgan fingerprint density at radius 2 is 1.96 bits per heavy atom. The average Bonchev–Trinajstić information content (AvgIpc) is 3.01. The van der Waals surface area contributed by atoms with E-state index in [1.165, 1.54) is 0 Å². The number of rotatable bonds is 4. The van der Waals surface area contributed by atoms with Crippen LogP contribution >= 0.6 is 0 Å². The van der Waals surface area contributed by atoms with Gasteiger partial charge in [0.05, 0.1) is 6.54 Å². The Hall–Kier alpha value is -2.57. The second kappa shape index (κ2) is 9.08. The van der Waals surface area contributed by atoms with Gasteiger partial charge in [-0.1, -0.05) is 12.1 Å². The van der Waals surface area contributed by atoms with Crippen LogP contribution in [0, 0.1) is 6.92 Å². The van der Waals surface area contributed by atoms with Gasteiger partial charge in [-0.25, -0.2) is 4.79 Å². The van der Waals surface area contributed by atoms with Gasteiger partial charge >= 0.3 is 6.03 Å². The number of carbonyl (C=O) groups is 3. The normalized spacial score (nSPS) is 22.7. The fraction of sp³-hybridized carbons (Fsp3) is 0.571. The Bertz CT molecular complexity index is 736. The summed E-state index contributed by atoms with van der Waals surface area (Å²) < 4.78 is 0. The highest BCUT2D eigenvalue weighted by Crippen LogP contribution is 2.18. The van der Waals surface area contributed by atoms with Crippen molar-refractivity contribution in [3.05, 3.63) is 29.8 Å². The highest BCUT2D eigenvalue weighted by Gasteiger charge is 2.32. The predicted octanol–water partition coefficient (Wildman–Crippen LogP) is 2.51. The first-order valence-corrected chi connectivity index (χ1v) is 10.2. The molecule has 152 valence electrons. The van der Waals surface area contributed by atoms with Gasteiger partial charge in [0.15, 0.2) is 0 Å². The summed E-state index contributed by atoms with van der Waals surface area (Å²) in [5.74, 6) is -0.166. The number of anilines is 1. The van der Waals surface area contributed by atoms with Crippen molar-refractivity contribution < 1.29 is 14.4 Å². The number of hydrogen-bond acceptors (Lipinski definition) is 3. The van der Waals surface area contributed by atoms with E-state index >= 15 is 0 Å². The molecule has 0 aliphatic carbocycles. The minimum absolute atomic E-state index is 0.00297. The van der Waals surface area contributed by atoms with Gasteiger partial charge in [0.25, 0.3) is 0 Å². The average molecular weight is 386 g/mol. The molecule has 2 heterocycles. The summed E-state index contributed by atoms with van der Waals surface area (Å²) in [5.41, 5.74) is 1.73. The first-order chi connectivity index (χ1) is 13.4. The molecule has 2 atom stereocenters. The molecule has 2 aliphatic heterocycles. The lowest BCUT2D eigenvalue weighted by atomic mass is 10.1. The molecule has 2 aliphatic rings. The Morgan fingerprint density at radius 3 is 2.68 bits per heavy atom. The molecule has 0 radical (unpaired) electrons. The van der Waals surface area contributed by atoms with Gasteiger partial charge in [-0.15, -0.1) is 0 Å². The van der Waals surface area contributed by atoms with E-state index in [4.69, 9.17) is 0 Å². The number of aryl methyl sites for hydroxylation is 1. The van der Waals surface area contributed by atoms with Gasteiger partial charge < -0.3 is 20.4 Å². The van der Waals surface area contributed by atoms with Crippen molar-refractivity contribution in [3.8, 4) is 0 Å². The van der Waals surface area contributed by atoms with Crippen molar-refractivity contribution >= 4 is 23.5 Å². The van der Waals surface area contributed by atoms with Crippen molar-refractivity contribution in [2.75, 3.05) is 25.0 Å². The third-order valence-corrected chi connectivity index (χ3v) is 5.56. The number of benzene rings is 1. The van der Waals surface area contributed by atoms with Gasteiger partial charge in [0, 0.05) is 24.8 Å². The van der Waals surface area contributed by atoms with E-state index in [0.29, 0.717) is 18.7 Å². The van der Waals surface area contributed by atoms with Crippen LogP contribution in [0.15, 0.2) is 24.3 Å². The van der Waals surface area contributed by atoms with Crippen molar-refractivity contribution in [3.63, 3.8) is 0 Å². The molecule has 7 heteroatoms. The van der Waals surface area contributed by atoms with Crippen LogP contribution in [0.2, 0.25) is 0 Å². The van der Waals surface area contributed by atoms with Crippen molar-refractivity contribution in [1.29, 1.82) is 0 Å². The molecule has 1 aromatic rings. The van der Waals surface area contributed by atoms with Gasteiger partial charge in [-0.05, 0) is 63.6 Å². The number of amides is 4. The number of carbonyl (C=O) groups excluding carboxylic acids is 3. The molecule has 0 bridgehead atoms. The summed E-state index contributed by atoms with van der Waals surface area (Å²) in [4.78, 5) is 41.4. The largest absolute Gasteiger partial charge is 0.338 e. The molecule has 1 unspecified atom stereocenters. The Balaban J connectivity index is 1.59. The van der Waals surface area contributed by atoms with Crippen molar-refractivity contribution in [2.24, 2.45) is 0 Å². The third-order valence-electron chi connectivity index (χ3n) is 5.56. The third kappa shape index (κ3) is 5.03. The lowest BCUT2D eigenvalue weighted by Crippen LogP contribution is -2.51. The first kappa shape index (κ1) is 20.2. The molecule has 7 nitrogen and oxygen atoms in total. The van der Waals surface area contributed by atoms with Gasteiger partial charge in [0.2, 0.25) is 11.8 Å². The predicted molar refractivity (Wildman–Crippen MR) is 108 cm³/mol. The van der Waals surface area contributed by atoms with Crippen LogP contribution in [-0.4, -0.2) is 59.4 Å². The Labute approximate surface area is 166 Å². The molecular formula is C21H30N4O3. The smallest absolute Gasteiger partial charge is 0.319 e. The molecule has 0 saturated carbocycles. The summed E-state index contributed by atoms with van der Waals surface area (Å²) in [6.45, 7) is 5.43. The fourth-order valence-corrected chi connectivity index (χ4v) is 4.00. The quantitative estimate of drug-likeness (QED) is 0.834. The summed E-state index contributed by atoms with van der Waals surface area (Å²) >= 11 is 0. The SMILES string of the molecule is Cc1cccc(NC(=O)N[C@H]2CCCCN(CC(=O)N3CCCC3C)C2=O)c1.